The van der Waals surface area contributed by atoms with Crippen LogP contribution in [-0.4, -0.2) is 60.2 Å². The third-order valence-corrected chi connectivity index (χ3v) is 7.16. The van der Waals surface area contributed by atoms with E-state index >= 15 is 0 Å². The number of hydrogen-bond donors (Lipinski definition) is 0. The molecule has 3 heterocycles. The van der Waals surface area contributed by atoms with Gasteiger partial charge in [-0.15, -0.1) is 10.2 Å². The minimum absolute atomic E-state index is 0.00975. The van der Waals surface area contributed by atoms with Crippen molar-refractivity contribution in [3.63, 3.8) is 0 Å². The summed E-state index contributed by atoms with van der Waals surface area (Å²) in [5.74, 6) is 2.36. The summed E-state index contributed by atoms with van der Waals surface area (Å²) in [5, 5.41) is 8.24. The van der Waals surface area contributed by atoms with Crippen LogP contribution in [0.3, 0.4) is 0 Å². The highest BCUT2D eigenvalue weighted by Crippen LogP contribution is 2.34. The van der Waals surface area contributed by atoms with Crippen LogP contribution < -0.4 is 9.47 Å². The van der Waals surface area contributed by atoms with E-state index in [4.69, 9.17) is 13.9 Å². The molecule has 3 aromatic rings. The van der Waals surface area contributed by atoms with Crippen molar-refractivity contribution < 1.29 is 22.3 Å². The molecule has 1 aliphatic heterocycles. The molecule has 1 fully saturated rings. The zero-order valence-corrected chi connectivity index (χ0v) is 18.3. The van der Waals surface area contributed by atoms with Gasteiger partial charge in [-0.3, -0.25) is 0 Å². The summed E-state index contributed by atoms with van der Waals surface area (Å²) in [7, 11) is -0.674. The van der Waals surface area contributed by atoms with Gasteiger partial charge in [0.05, 0.1) is 24.7 Å². The van der Waals surface area contributed by atoms with Crippen molar-refractivity contribution in [2.45, 2.75) is 30.6 Å². The van der Waals surface area contributed by atoms with Crippen LogP contribution >= 0.6 is 0 Å². The molecular weight excluding hydrogens is 422 g/mol. The Hall–Kier alpha value is -3.05. The topological polar surface area (TPSA) is 121 Å². The van der Waals surface area contributed by atoms with E-state index in [2.05, 4.69) is 20.2 Å². The highest BCUT2D eigenvalue weighted by molar-refractivity contribution is 7.89. The summed E-state index contributed by atoms with van der Waals surface area (Å²) < 4.78 is 43.9. The molecule has 0 atom stereocenters. The molecule has 0 N–H and O–H groups in total. The number of nitrogens with zero attached hydrogens (tertiary/aromatic N) is 5. The van der Waals surface area contributed by atoms with Gasteiger partial charge in [-0.05, 0) is 31.9 Å². The number of piperidine rings is 1. The van der Waals surface area contributed by atoms with E-state index in [0.29, 0.717) is 60.6 Å². The molecule has 0 amide bonds. The lowest BCUT2D eigenvalue weighted by atomic mass is 9.98. The number of aryl methyl sites for hydroxylation is 1. The van der Waals surface area contributed by atoms with Crippen LogP contribution in [0.15, 0.2) is 39.9 Å². The van der Waals surface area contributed by atoms with E-state index in [9.17, 15) is 8.42 Å². The molecule has 1 aliphatic rings. The first kappa shape index (κ1) is 21.2. The van der Waals surface area contributed by atoms with Gasteiger partial charge in [0.1, 0.15) is 5.82 Å². The Morgan fingerprint density at radius 3 is 2.35 bits per heavy atom. The van der Waals surface area contributed by atoms with Crippen molar-refractivity contribution in [2.24, 2.45) is 0 Å². The van der Waals surface area contributed by atoms with Gasteiger partial charge in [0.2, 0.25) is 15.9 Å². The Morgan fingerprint density at radius 2 is 1.71 bits per heavy atom. The lowest BCUT2D eigenvalue weighted by Crippen LogP contribution is -2.38. The predicted octanol–water partition coefficient (Wildman–Crippen LogP) is 2.42. The molecule has 0 saturated carbocycles. The molecule has 0 aliphatic carbocycles. The Kier molecular flexibility index (Phi) is 5.88. The highest BCUT2D eigenvalue weighted by atomic mass is 32.2. The van der Waals surface area contributed by atoms with Gasteiger partial charge in [0.15, 0.2) is 11.5 Å². The monoisotopic (exact) mass is 445 g/mol. The van der Waals surface area contributed by atoms with Crippen molar-refractivity contribution in [3.8, 4) is 23.0 Å². The lowest BCUT2D eigenvalue weighted by molar-refractivity contribution is 0.291. The molecule has 0 radical (unpaired) electrons. The average Bonchev–Trinajstić information content (AvgIpc) is 3.29. The second-order valence-corrected chi connectivity index (χ2v) is 9.10. The van der Waals surface area contributed by atoms with Crippen LogP contribution in [0.1, 0.15) is 30.5 Å². The van der Waals surface area contributed by atoms with E-state index < -0.39 is 10.0 Å². The lowest BCUT2D eigenvalue weighted by Gasteiger charge is -2.29. The smallest absolute Gasteiger partial charge is 0.250 e. The first-order valence-electron chi connectivity index (χ1n) is 9.77. The normalized spacial score (nSPS) is 15.7. The first-order valence-corrected chi connectivity index (χ1v) is 11.2. The van der Waals surface area contributed by atoms with Crippen molar-refractivity contribution in [1.82, 2.24) is 24.5 Å². The van der Waals surface area contributed by atoms with Crippen molar-refractivity contribution in [1.29, 1.82) is 0 Å². The second kappa shape index (κ2) is 8.60. The summed E-state index contributed by atoms with van der Waals surface area (Å²) in [6.07, 6.45) is 4.44. The number of ether oxygens (including phenoxy) is 2. The summed E-state index contributed by atoms with van der Waals surface area (Å²) >= 11 is 0. The van der Waals surface area contributed by atoms with Crippen molar-refractivity contribution in [3.05, 3.63) is 42.3 Å². The first-order chi connectivity index (χ1) is 14.9. The summed E-state index contributed by atoms with van der Waals surface area (Å²) in [6.45, 7) is 2.51. The largest absolute Gasteiger partial charge is 0.493 e. The molecule has 31 heavy (non-hydrogen) atoms. The molecule has 0 bridgehead atoms. The van der Waals surface area contributed by atoms with Crippen LogP contribution in [0.5, 0.6) is 11.5 Å². The van der Waals surface area contributed by atoms with E-state index in [1.165, 1.54) is 30.7 Å². The van der Waals surface area contributed by atoms with Gasteiger partial charge in [-0.2, -0.15) is 4.31 Å². The van der Waals surface area contributed by atoms with Gasteiger partial charge >= 0.3 is 0 Å². The third-order valence-electron chi connectivity index (χ3n) is 5.26. The Bertz CT molecular complexity index is 1150. The standard InChI is InChI=1S/C20H23N5O5S/c1-13-21-11-15(12-22-13)20-24-23-19(30-20)14-6-8-25(9-7-14)31(26,27)16-4-5-17(28-2)18(10-16)29-3/h4-5,10-12,14H,6-9H2,1-3H3. The number of methoxy groups -OCH3 is 2. The van der Waals surface area contributed by atoms with Crippen molar-refractivity contribution in [2.75, 3.05) is 27.3 Å². The minimum Gasteiger partial charge on any atom is -0.493 e. The molecule has 0 unspecified atom stereocenters. The Balaban J connectivity index is 1.45. The second-order valence-electron chi connectivity index (χ2n) is 7.16. The summed E-state index contributed by atoms with van der Waals surface area (Å²) in [5.41, 5.74) is 0.651. The van der Waals surface area contributed by atoms with Crippen LogP contribution in [-0.2, 0) is 10.0 Å². The van der Waals surface area contributed by atoms with Gasteiger partial charge in [-0.1, -0.05) is 0 Å². The number of sulfonamides is 1. The van der Waals surface area contributed by atoms with Gasteiger partial charge in [0, 0.05) is 37.5 Å². The highest BCUT2D eigenvalue weighted by Gasteiger charge is 2.32. The quantitative estimate of drug-likeness (QED) is 0.563. The molecular formula is C20H23N5O5S. The summed E-state index contributed by atoms with van der Waals surface area (Å²) in [6, 6.07) is 4.60. The maximum Gasteiger partial charge on any atom is 0.250 e. The molecule has 2 aromatic heterocycles. The predicted molar refractivity (Wildman–Crippen MR) is 110 cm³/mol. The zero-order chi connectivity index (χ0) is 22.0. The number of rotatable bonds is 6. The Morgan fingerprint density at radius 1 is 1.03 bits per heavy atom. The number of hydrogen-bond acceptors (Lipinski definition) is 9. The fourth-order valence-electron chi connectivity index (χ4n) is 3.49. The van der Waals surface area contributed by atoms with Crippen molar-refractivity contribution >= 4 is 10.0 Å². The molecule has 11 heteroatoms. The molecule has 1 saturated heterocycles. The van der Waals surface area contributed by atoms with E-state index in [1.54, 1.807) is 25.4 Å². The van der Waals surface area contributed by atoms with Gasteiger partial charge in [-0.25, -0.2) is 18.4 Å². The van der Waals surface area contributed by atoms with E-state index in [1.807, 2.05) is 0 Å². The Labute approximate surface area is 180 Å². The third kappa shape index (κ3) is 4.23. The maximum absolute atomic E-state index is 13.1. The molecule has 0 spiro atoms. The average molecular weight is 446 g/mol. The van der Waals surface area contributed by atoms with Crippen LogP contribution in [0.2, 0.25) is 0 Å². The minimum atomic E-state index is -3.65. The molecule has 1 aromatic carbocycles. The van der Waals surface area contributed by atoms with Gasteiger partial charge < -0.3 is 13.9 Å². The van der Waals surface area contributed by atoms with E-state index in [0.717, 1.165) is 0 Å². The van der Waals surface area contributed by atoms with E-state index in [-0.39, 0.29) is 10.8 Å². The van der Waals surface area contributed by atoms with Gasteiger partial charge in [0.25, 0.3) is 5.89 Å². The maximum atomic E-state index is 13.1. The van der Waals surface area contributed by atoms with Crippen LogP contribution in [0.25, 0.3) is 11.5 Å². The number of aromatic nitrogens is 4. The zero-order valence-electron chi connectivity index (χ0n) is 17.5. The summed E-state index contributed by atoms with van der Waals surface area (Å²) in [4.78, 5) is 8.44. The molecule has 4 rings (SSSR count). The molecule has 10 nitrogen and oxygen atoms in total. The SMILES string of the molecule is COc1ccc(S(=O)(=O)N2CCC(c3nnc(-c4cnc(C)nc4)o3)CC2)cc1OC. The molecule has 164 valence electrons. The number of benzene rings is 1. The van der Waals surface area contributed by atoms with Crippen LogP contribution in [0.4, 0.5) is 0 Å². The van der Waals surface area contributed by atoms with Crippen LogP contribution in [0, 0.1) is 6.92 Å². The fourth-order valence-corrected chi connectivity index (χ4v) is 4.97. The fraction of sp³-hybridized carbons (Fsp3) is 0.400.